The minimum Gasteiger partial charge on any atom is -0.313 e. The lowest BCUT2D eigenvalue weighted by Gasteiger charge is -2.38. The predicted octanol–water partition coefficient (Wildman–Crippen LogP) is 3.88. The highest BCUT2D eigenvalue weighted by atomic mass is 14.9. The maximum Gasteiger partial charge on any atom is 0.00789 e. The van der Waals surface area contributed by atoms with Gasteiger partial charge in [-0.15, -0.1) is 0 Å². The van der Waals surface area contributed by atoms with E-state index in [4.69, 9.17) is 0 Å². The minimum absolute atomic E-state index is 0.397. The van der Waals surface area contributed by atoms with Crippen LogP contribution in [0.1, 0.15) is 50.7 Å². The second-order valence-electron chi connectivity index (χ2n) is 6.66. The fourth-order valence-electron chi connectivity index (χ4n) is 2.53. The Kier molecular flexibility index (Phi) is 3.58. The topological polar surface area (TPSA) is 12.0 Å². The quantitative estimate of drug-likeness (QED) is 0.832. The van der Waals surface area contributed by atoms with Crippen LogP contribution in [0, 0.1) is 12.3 Å². The molecule has 1 aromatic rings. The van der Waals surface area contributed by atoms with E-state index in [2.05, 4.69) is 57.3 Å². The molecule has 1 heteroatoms. The Morgan fingerprint density at radius 1 is 1.18 bits per heavy atom. The Morgan fingerprint density at radius 2 is 1.82 bits per heavy atom. The number of hydrogen-bond acceptors (Lipinski definition) is 1. The van der Waals surface area contributed by atoms with Gasteiger partial charge in [0.1, 0.15) is 0 Å². The van der Waals surface area contributed by atoms with Crippen molar-refractivity contribution in [3.05, 3.63) is 35.4 Å². The van der Waals surface area contributed by atoms with Gasteiger partial charge < -0.3 is 5.32 Å². The molecular weight excluding hydrogens is 206 g/mol. The molecule has 94 valence electrons. The van der Waals surface area contributed by atoms with Crippen LogP contribution in [-0.4, -0.2) is 12.6 Å². The summed E-state index contributed by atoms with van der Waals surface area (Å²) in [6, 6.07) is 9.55. The average Bonchev–Trinajstić information content (AvgIpc) is 2.16. The molecule has 1 aliphatic carbocycles. The van der Waals surface area contributed by atoms with Gasteiger partial charge in [-0.2, -0.15) is 0 Å². The van der Waals surface area contributed by atoms with Crippen LogP contribution in [0.15, 0.2) is 24.3 Å². The Hall–Kier alpha value is -0.820. The highest BCUT2D eigenvalue weighted by molar-refractivity contribution is 5.31. The molecule has 0 bridgehead atoms. The third-order valence-electron chi connectivity index (χ3n) is 3.69. The van der Waals surface area contributed by atoms with Gasteiger partial charge in [0.15, 0.2) is 0 Å². The van der Waals surface area contributed by atoms with Crippen molar-refractivity contribution in [1.82, 2.24) is 5.32 Å². The van der Waals surface area contributed by atoms with Gasteiger partial charge in [0.2, 0.25) is 0 Å². The van der Waals surface area contributed by atoms with Gasteiger partial charge in [0.05, 0.1) is 0 Å². The average molecular weight is 231 g/mol. The van der Waals surface area contributed by atoms with E-state index in [0.717, 1.165) is 18.5 Å². The molecule has 17 heavy (non-hydrogen) atoms. The summed E-state index contributed by atoms with van der Waals surface area (Å²) in [6.07, 6.45) is 2.61. The van der Waals surface area contributed by atoms with Gasteiger partial charge in [0.25, 0.3) is 0 Å². The molecule has 1 aliphatic rings. The molecular formula is C16H25N. The lowest BCUT2D eigenvalue weighted by atomic mass is 9.74. The summed E-state index contributed by atoms with van der Waals surface area (Å²) in [6.45, 7) is 10.2. The van der Waals surface area contributed by atoms with Crippen LogP contribution >= 0.6 is 0 Å². The first-order valence-corrected chi connectivity index (χ1v) is 6.74. The van der Waals surface area contributed by atoms with E-state index in [0.29, 0.717) is 5.41 Å². The number of nitrogens with one attached hydrogen (secondary N) is 1. The molecule has 1 aromatic carbocycles. The third-order valence-corrected chi connectivity index (χ3v) is 3.69. The Bertz CT molecular complexity index is 369. The predicted molar refractivity (Wildman–Crippen MR) is 74.4 cm³/mol. The lowest BCUT2D eigenvalue weighted by molar-refractivity contribution is 0.253. The van der Waals surface area contributed by atoms with Crippen LogP contribution in [0.25, 0.3) is 0 Å². The number of aryl methyl sites for hydroxylation is 1. The van der Waals surface area contributed by atoms with E-state index in [9.17, 15) is 0 Å². The summed E-state index contributed by atoms with van der Waals surface area (Å²) < 4.78 is 0. The van der Waals surface area contributed by atoms with Crippen molar-refractivity contribution >= 4 is 0 Å². The van der Waals surface area contributed by atoms with Crippen LogP contribution in [0.5, 0.6) is 0 Å². The van der Waals surface area contributed by atoms with E-state index in [1.165, 1.54) is 18.4 Å². The van der Waals surface area contributed by atoms with Crippen molar-refractivity contribution in [3.8, 4) is 0 Å². The van der Waals surface area contributed by atoms with E-state index in [1.54, 1.807) is 5.56 Å². The van der Waals surface area contributed by atoms with Gasteiger partial charge in [-0.3, -0.25) is 0 Å². The molecule has 0 saturated heterocycles. The molecule has 0 amide bonds. The molecule has 0 spiro atoms. The molecule has 0 heterocycles. The largest absolute Gasteiger partial charge is 0.313 e. The molecule has 1 saturated carbocycles. The van der Waals surface area contributed by atoms with Crippen molar-refractivity contribution in [2.45, 2.75) is 52.5 Å². The summed E-state index contributed by atoms with van der Waals surface area (Å²) in [5.74, 6) is 0.786. The Morgan fingerprint density at radius 3 is 2.41 bits per heavy atom. The molecule has 0 aliphatic heterocycles. The summed E-state index contributed by atoms with van der Waals surface area (Å²) >= 11 is 0. The van der Waals surface area contributed by atoms with Crippen LogP contribution in [0.3, 0.4) is 0 Å². The summed E-state index contributed by atoms with van der Waals surface area (Å²) in [5.41, 5.74) is 3.40. The highest BCUT2D eigenvalue weighted by Crippen LogP contribution is 2.38. The monoisotopic (exact) mass is 231 g/mol. The van der Waals surface area contributed by atoms with Gasteiger partial charge in [0, 0.05) is 12.6 Å². The zero-order valence-corrected chi connectivity index (χ0v) is 11.6. The molecule has 2 rings (SSSR count). The number of hydrogen-bond donors (Lipinski definition) is 1. The molecule has 1 N–H and O–H groups in total. The maximum atomic E-state index is 3.68. The van der Waals surface area contributed by atoms with Crippen molar-refractivity contribution in [2.75, 3.05) is 6.54 Å². The first kappa shape index (κ1) is 12.6. The minimum atomic E-state index is 0.397. The first-order chi connectivity index (χ1) is 7.96. The van der Waals surface area contributed by atoms with Gasteiger partial charge in [-0.05, 0) is 42.2 Å². The number of rotatable bonds is 3. The fourth-order valence-corrected chi connectivity index (χ4v) is 2.53. The van der Waals surface area contributed by atoms with Crippen LogP contribution in [0.4, 0.5) is 0 Å². The third kappa shape index (κ3) is 3.32. The molecule has 1 fully saturated rings. The second-order valence-corrected chi connectivity index (χ2v) is 6.66. The zero-order chi connectivity index (χ0) is 12.5. The van der Waals surface area contributed by atoms with E-state index in [-0.39, 0.29) is 0 Å². The smallest absolute Gasteiger partial charge is 0.00789 e. The van der Waals surface area contributed by atoms with Crippen molar-refractivity contribution in [2.24, 2.45) is 5.41 Å². The maximum absolute atomic E-state index is 3.68. The second kappa shape index (κ2) is 4.81. The highest BCUT2D eigenvalue weighted by Gasteiger charge is 2.31. The number of benzene rings is 1. The van der Waals surface area contributed by atoms with Crippen molar-refractivity contribution in [1.29, 1.82) is 0 Å². The Labute approximate surface area is 106 Å². The van der Waals surface area contributed by atoms with Gasteiger partial charge in [-0.25, -0.2) is 0 Å². The van der Waals surface area contributed by atoms with E-state index < -0.39 is 0 Å². The van der Waals surface area contributed by atoms with Gasteiger partial charge >= 0.3 is 0 Å². The first-order valence-electron chi connectivity index (χ1n) is 6.74. The normalized spacial score (nSPS) is 24.5. The van der Waals surface area contributed by atoms with E-state index >= 15 is 0 Å². The molecule has 0 atom stereocenters. The standard InChI is InChI=1S/C16H25N/c1-12-7-5-6-8-15(12)13-9-14(10-13)17-11-16(2,3)4/h5-8,13-14,17H,9-11H2,1-4H3. The summed E-state index contributed by atoms with van der Waals surface area (Å²) in [7, 11) is 0. The molecule has 0 aromatic heterocycles. The summed E-state index contributed by atoms with van der Waals surface area (Å²) in [4.78, 5) is 0. The molecule has 0 radical (unpaired) electrons. The van der Waals surface area contributed by atoms with Crippen LogP contribution < -0.4 is 5.32 Å². The van der Waals surface area contributed by atoms with Crippen molar-refractivity contribution in [3.63, 3.8) is 0 Å². The van der Waals surface area contributed by atoms with E-state index in [1.807, 2.05) is 0 Å². The zero-order valence-electron chi connectivity index (χ0n) is 11.6. The van der Waals surface area contributed by atoms with Crippen LogP contribution in [0.2, 0.25) is 0 Å². The molecule has 1 nitrogen and oxygen atoms in total. The lowest BCUT2D eigenvalue weighted by Crippen LogP contribution is -2.43. The Balaban J connectivity index is 1.81. The van der Waals surface area contributed by atoms with Crippen molar-refractivity contribution < 1.29 is 0 Å². The molecule has 0 unspecified atom stereocenters. The van der Waals surface area contributed by atoms with Crippen LogP contribution in [-0.2, 0) is 0 Å². The summed E-state index contributed by atoms with van der Waals surface area (Å²) in [5, 5.41) is 3.68. The van der Waals surface area contributed by atoms with Gasteiger partial charge in [-0.1, -0.05) is 45.0 Å². The SMILES string of the molecule is Cc1ccccc1C1CC(NCC(C)(C)C)C1. The fraction of sp³-hybridized carbons (Fsp3) is 0.625.